The number of benzene rings is 1. The second-order valence-electron chi connectivity index (χ2n) is 6.75. The number of carbonyl (C=O) groups excluding carboxylic acids is 1. The number of aromatic amines is 1. The van der Waals surface area contributed by atoms with E-state index in [1.54, 1.807) is 7.11 Å². The summed E-state index contributed by atoms with van der Waals surface area (Å²) in [4.78, 5) is 14.9. The van der Waals surface area contributed by atoms with Crippen LogP contribution < -0.4 is 10.1 Å². The van der Waals surface area contributed by atoms with Crippen molar-refractivity contribution >= 4 is 5.91 Å². The van der Waals surface area contributed by atoms with Gasteiger partial charge in [-0.3, -0.25) is 9.89 Å². The predicted molar refractivity (Wildman–Crippen MR) is 96.0 cm³/mol. The number of aryl methyl sites for hydroxylation is 1. The normalized spacial score (nSPS) is 16.4. The highest BCUT2D eigenvalue weighted by molar-refractivity contribution is 5.96. The molecule has 1 saturated heterocycles. The number of ether oxygens (including phenoxy) is 1. The van der Waals surface area contributed by atoms with E-state index in [1.165, 1.54) is 18.4 Å². The Hall–Kier alpha value is -2.34. The predicted octanol–water partition coefficient (Wildman–Crippen LogP) is 2.01. The van der Waals surface area contributed by atoms with Crippen molar-refractivity contribution in [1.82, 2.24) is 20.4 Å². The highest BCUT2D eigenvalue weighted by atomic mass is 16.5. The van der Waals surface area contributed by atoms with E-state index in [4.69, 9.17) is 4.74 Å². The molecule has 4 rings (SSSR count). The molecule has 6 nitrogen and oxygen atoms in total. The van der Waals surface area contributed by atoms with Gasteiger partial charge in [-0.05, 0) is 62.5 Å². The smallest absolute Gasteiger partial charge is 0.269 e. The third-order valence-electron chi connectivity index (χ3n) is 5.22. The molecule has 2 heterocycles. The van der Waals surface area contributed by atoms with Crippen molar-refractivity contribution in [2.45, 2.75) is 25.7 Å². The van der Waals surface area contributed by atoms with E-state index < -0.39 is 0 Å². The molecule has 1 fully saturated rings. The molecule has 1 aliphatic carbocycles. The topological polar surface area (TPSA) is 70.2 Å². The second-order valence-corrected chi connectivity index (χ2v) is 6.75. The maximum Gasteiger partial charge on any atom is 0.269 e. The highest BCUT2D eigenvalue weighted by Gasteiger charge is 2.25. The monoisotopic (exact) mass is 340 g/mol. The summed E-state index contributed by atoms with van der Waals surface area (Å²) in [5.41, 5.74) is 4.84. The summed E-state index contributed by atoms with van der Waals surface area (Å²) in [5.74, 6) is 0.808. The lowest BCUT2D eigenvalue weighted by Crippen LogP contribution is -2.34. The number of H-pyrrole nitrogens is 1. The van der Waals surface area contributed by atoms with Crippen LogP contribution in [0.1, 0.15) is 34.5 Å². The number of rotatable bonds is 5. The zero-order valence-electron chi connectivity index (χ0n) is 14.6. The maximum absolute atomic E-state index is 12.5. The van der Waals surface area contributed by atoms with E-state index >= 15 is 0 Å². The van der Waals surface area contributed by atoms with E-state index in [0.717, 1.165) is 55.0 Å². The number of fused-ring (bicyclic) bond motifs is 3. The number of carbonyl (C=O) groups is 1. The number of hydrogen-bond donors (Lipinski definition) is 2. The second kappa shape index (κ2) is 6.88. The fourth-order valence-electron chi connectivity index (χ4n) is 3.84. The van der Waals surface area contributed by atoms with Crippen molar-refractivity contribution in [3.63, 3.8) is 0 Å². The van der Waals surface area contributed by atoms with E-state index in [0.29, 0.717) is 12.2 Å². The van der Waals surface area contributed by atoms with Gasteiger partial charge in [0.1, 0.15) is 11.4 Å². The van der Waals surface area contributed by atoms with Gasteiger partial charge in [0.2, 0.25) is 0 Å². The Labute approximate surface area is 147 Å². The van der Waals surface area contributed by atoms with Crippen LogP contribution in [0.2, 0.25) is 0 Å². The largest absolute Gasteiger partial charge is 0.497 e. The first-order valence-corrected chi connectivity index (χ1v) is 9.01. The van der Waals surface area contributed by atoms with Gasteiger partial charge in [-0.15, -0.1) is 0 Å². The number of hydrogen-bond acceptors (Lipinski definition) is 4. The quantitative estimate of drug-likeness (QED) is 0.873. The van der Waals surface area contributed by atoms with E-state index in [9.17, 15) is 4.79 Å². The van der Waals surface area contributed by atoms with Crippen molar-refractivity contribution in [2.75, 3.05) is 33.3 Å². The summed E-state index contributed by atoms with van der Waals surface area (Å²) in [6, 6.07) is 6.03. The minimum Gasteiger partial charge on any atom is -0.497 e. The average molecular weight is 340 g/mol. The Morgan fingerprint density at radius 1 is 1.32 bits per heavy atom. The number of nitrogens with zero attached hydrogens (tertiary/aromatic N) is 2. The summed E-state index contributed by atoms with van der Waals surface area (Å²) < 4.78 is 5.30. The first-order chi connectivity index (χ1) is 12.3. The van der Waals surface area contributed by atoms with Crippen LogP contribution >= 0.6 is 0 Å². The lowest BCUT2D eigenvalue weighted by atomic mass is 9.89. The van der Waals surface area contributed by atoms with Gasteiger partial charge >= 0.3 is 0 Å². The van der Waals surface area contributed by atoms with Crippen molar-refractivity contribution in [3.05, 3.63) is 35.0 Å². The molecule has 1 aliphatic heterocycles. The van der Waals surface area contributed by atoms with Gasteiger partial charge in [-0.2, -0.15) is 5.10 Å². The minimum atomic E-state index is -0.0510. The van der Waals surface area contributed by atoms with Gasteiger partial charge in [0.05, 0.1) is 12.8 Å². The molecular weight excluding hydrogens is 316 g/mol. The van der Waals surface area contributed by atoms with Crippen molar-refractivity contribution < 1.29 is 9.53 Å². The summed E-state index contributed by atoms with van der Waals surface area (Å²) in [6.45, 7) is 3.90. The Morgan fingerprint density at radius 3 is 2.96 bits per heavy atom. The Balaban J connectivity index is 1.47. The molecule has 1 aromatic carbocycles. The fourth-order valence-corrected chi connectivity index (χ4v) is 3.84. The molecule has 0 spiro atoms. The summed E-state index contributed by atoms with van der Waals surface area (Å²) in [5, 5.41) is 10.4. The molecule has 2 N–H and O–H groups in total. The van der Waals surface area contributed by atoms with Gasteiger partial charge in [-0.25, -0.2) is 0 Å². The first-order valence-electron chi connectivity index (χ1n) is 9.01. The lowest BCUT2D eigenvalue weighted by molar-refractivity contribution is 0.0944. The van der Waals surface area contributed by atoms with Gasteiger partial charge in [0.25, 0.3) is 5.91 Å². The van der Waals surface area contributed by atoms with Crippen LogP contribution in [0.4, 0.5) is 0 Å². The highest BCUT2D eigenvalue weighted by Crippen LogP contribution is 2.35. The SMILES string of the molecule is COc1ccc2c(c1)CCc1c-2n[nH]c1C(=O)NCCN1CCCC1. The fraction of sp³-hybridized carbons (Fsp3) is 0.474. The van der Waals surface area contributed by atoms with Crippen LogP contribution in [0.25, 0.3) is 11.3 Å². The van der Waals surface area contributed by atoms with E-state index in [-0.39, 0.29) is 5.91 Å². The Bertz CT molecular complexity index is 778. The van der Waals surface area contributed by atoms with Crippen molar-refractivity contribution in [2.24, 2.45) is 0 Å². The Kier molecular flexibility index (Phi) is 4.44. The average Bonchev–Trinajstić information content (AvgIpc) is 3.30. The van der Waals surface area contributed by atoms with Crippen molar-refractivity contribution in [1.29, 1.82) is 0 Å². The molecule has 1 aromatic heterocycles. The third-order valence-corrected chi connectivity index (χ3v) is 5.22. The van der Waals surface area contributed by atoms with Gasteiger partial charge in [0, 0.05) is 24.2 Å². The van der Waals surface area contributed by atoms with Gasteiger partial charge in [-0.1, -0.05) is 0 Å². The molecule has 6 heteroatoms. The van der Waals surface area contributed by atoms with Crippen LogP contribution in [-0.4, -0.2) is 54.3 Å². The van der Waals surface area contributed by atoms with Gasteiger partial charge < -0.3 is 15.0 Å². The maximum atomic E-state index is 12.5. The number of likely N-dealkylation sites (tertiary alicyclic amines) is 1. The van der Waals surface area contributed by atoms with Crippen molar-refractivity contribution in [3.8, 4) is 17.0 Å². The molecule has 0 saturated carbocycles. The molecule has 132 valence electrons. The number of aromatic nitrogens is 2. The molecule has 2 aromatic rings. The third kappa shape index (κ3) is 3.14. The number of nitrogens with one attached hydrogen (secondary N) is 2. The molecule has 25 heavy (non-hydrogen) atoms. The molecular formula is C19H24N4O2. The molecule has 0 unspecified atom stereocenters. The lowest BCUT2D eigenvalue weighted by Gasteiger charge is -2.17. The van der Waals surface area contributed by atoms with Crippen LogP contribution in [0.5, 0.6) is 5.75 Å². The molecule has 0 bridgehead atoms. The minimum absolute atomic E-state index is 0.0510. The molecule has 0 radical (unpaired) electrons. The molecule has 2 aliphatic rings. The van der Waals surface area contributed by atoms with E-state index in [1.807, 2.05) is 12.1 Å². The Morgan fingerprint density at radius 2 is 2.16 bits per heavy atom. The molecule has 0 atom stereocenters. The summed E-state index contributed by atoms with van der Waals surface area (Å²) >= 11 is 0. The number of amides is 1. The first kappa shape index (κ1) is 16.1. The summed E-state index contributed by atoms with van der Waals surface area (Å²) in [7, 11) is 1.68. The summed E-state index contributed by atoms with van der Waals surface area (Å²) in [6.07, 6.45) is 4.26. The van der Waals surface area contributed by atoms with E-state index in [2.05, 4.69) is 26.5 Å². The molecule has 1 amide bonds. The van der Waals surface area contributed by atoms with Crippen LogP contribution in [0, 0.1) is 0 Å². The van der Waals surface area contributed by atoms with Crippen LogP contribution in [0.3, 0.4) is 0 Å². The standard InChI is InChI=1S/C19H24N4O2/c1-25-14-5-7-15-13(12-14)4-6-16-17(15)21-22-18(16)19(24)20-8-11-23-9-2-3-10-23/h5,7,12H,2-4,6,8-11H2,1H3,(H,20,24)(H,21,22). The zero-order valence-corrected chi connectivity index (χ0v) is 14.6. The van der Waals surface area contributed by atoms with Gasteiger partial charge in [0.15, 0.2) is 0 Å². The number of methoxy groups -OCH3 is 1. The zero-order chi connectivity index (χ0) is 17.2. The van der Waals surface area contributed by atoms with Crippen LogP contribution in [0.15, 0.2) is 18.2 Å². The van der Waals surface area contributed by atoms with Crippen LogP contribution in [-0.2, 0) is 12.8 Å².